The van der Waals surface area contributed by atoms with Crippen LogP contribution >= 0.6 is 24.0 Å². The van der Waals surface area contributed by atoms with Crippen LogP contribution in [0, 0.1) is 0 Å². The Labute approximate surface area is 206 Å². The topological polar surface area (TPSA) is 74.5 Å². The van der Waals surface area contributed by atoms with Gasteiger partial charge in [0, 0.05) is 45.0 Å². The fraction of sp³-hybridized carbons (Fsp3) is 0.292. The fourth-order valence-corrected chi connectivity index (χ4v) is 3.12. The van der Waals surface area contributed by atoms with Gasteiger partial charge in [0.2, 0.25) is 5.91 Å². The highest BCUT2D eigenvalue weighted by molar-refractivity contribution is 14.0. The van der Waals surface area contributed by atoms with Gasteiger partial charge in [-0.05, 0) is 12.0 Å². The van der Waals surface area contributed by atoms with E-state index in [2.05, 4.69) is 27.9 Å². The molecule has 0 saturated carbocycles. The third-order valence-corrected chi connectivity index (χ3v) is 4.81. The van der Waals surface area contributed by atoms with Crippen LogP contribution in [0.2, 0.25) is 0 Å². The number of hydrogen-bond donors (Lipinski definition) is 2. The molecule has 3 rings (SSSR count). The zero-order chi connectivity index (χ0) is 22.1. The van der Waals surface area contributed by atoms with E-state index >= 15 is 0 Å². The van der Waals surface area contributed by atoms with Crippen LogP contribution in [0.4, 0.5) is 0 Å². The molecule has 7 nitrogen and oxygen atoms in total. The summed E-state index contributed by atoms with van der Waals surface area (Å²) in [7, 11) is 5.39. The van der Waals surface area contributed by atoms with Gasteiger partial charge in [-0.25, -0.2) is 4.99 Å². The fourth-order valence-electron chi connectivity index (χ4n) is 3.12. The van der Waals surface area contributed by atoms with E-state index in [1.54, 1.807) is 23.7 Å². The molecule has 2 aromatic carbocycles. The maximum atomic E-state index is 12.0. The molecule has 2 N–H and O–H groups in total. The monoisotopic (exact) mass is 546 g/mol. The second-order valence-electron chi connectivity index (χ2n) is 7.51. The molecule has 32 heavy (non-hydrogen) atoms. The number of amides is 1. The number of halogens is 1. The van der Waals surface area contributed by atoms with Crippen molar-refractivity contribution in [3.8, 4) is 11.3 Å². The summed E-state index contributed by atoms with van der Waals surface area (Å²) in [4.78, 5) is 18.3. The number of aliphatic imine (C=N–C) groups is 1. The van der Waals surface area contributed by atoms with Crippen molar-refractivity contribution in [1.29, 1.82) is 0 Å². The van der Waals surface area contributed by atoms with Crippen LogP contribution < -0.4 is 10.6 Å². The third kappa shape index (κ3) is 7.67. The van der Waals surface area contributed by atoms with E-state index in [0.717, 1.165) is 23.2 Å². The molecule has 0 radical (unpaired) electrons. The highest BCUT2D eigenvalue weighted by Crippen LogP contribution is 2.22. The van der Waals surface area contributed by atoms with Crippen molar-refractivity contribution < 1.29 is 4.79 Å². The zero-order valence-corrected chi connectivity index (χ0v) is 21.1. The molecule has 0 aliphatic rings. The highest BCUT2D eigenvalue weighted by Gasteiger charge is 2.11. The first-order valence-corrected chi connectivity index (χ1v) is 10.4. The molecule has 8 heteroatoms. The molecule has 0 atom stereocenters. The van der Waals surface area contributed by atoms with Crippen molar-refractivity contribution in [3.05, 3.63) is 78.0 Å². The maximum Gasteiger partial charge on any atom is 0.241 e. The normalized spacial score (nSPS) is 10.9. The van der Waals surface area contributed by atoms with Gasteiger partial charge in [0.05, 0.1) is 18.8 Å². The summed E-state index contributed by atoms with van der Waals surface area (Å²) in [6.45, 7) is 1.35. The number of benzene rings is 2. The summed E-state index contributed by atoms with van der Waals surface area (Å²) >= 11 is 0. The number of hydrogen-bond acceptors (Lipinski definition) is 3. The summed E-state index contributed by atoms with van der Waals surface area (Å²) in [5, 5.41) is 11.1. The highest BCUT2D eigenvalue weighted by atomic mass is 127. The van der Waals surface area contributed by atoms with Crippen LogP contribution in [0.15, 0.2) is 71.9 Å². The van der Waals surface area contributed by atoms with Gasteiger partial charge in [0.15, 0.2) is 5.96 Å². The van der Waals surface area contributed by atoms with Gasteiger partial charge in [-0.3, -0.25) is 9.48 Å². The van der Waals surface area contributed by atoms with Crippen LogP contribution in [0.1, 0.15) is 11.1 Å². The zero-order valence-electron chi connectivity index (χ0n) is 18.8. The molecule has 0 saturated heterocycles. The Hall–Kier alpha value is -2.88. The largest absolute Gasteiger partial charge is 0.356 e. The smallest absolute Gasteiger partial charge is 0.241 e. The Kier molecular flexibility index (Phi) is 10.2. The van der Waals surface area contributed by atoms with Gasteiger partial charge in [0.25, 0.3) is 0 Å². The Morgan fingerprint density at radius 2 is 1.69 bits per heavy atom. The van der Waals surface area contributed by atoms with Gasteiger partial charge in [-0.2, -0.15) is 5.10 Å². The number of aryl methyl sites for hydroxylation is 1. The van der Waals surface area contributed by atoms with Crippen molar-refractivity contribution in [1.82, 2.24) is 25.3 Å². The molecule has 0 aliphatic heterocycles. The second kappa shape index (κ2) is 12.8. The van der Waals surface area contributed by atoms with Crippen LogP contribution in [0.5, 0.6) is 0 Å². The lowest BCUT2D eigenvalue weighted by atomic mass is 10.1. The van der Waals surface area contributed by atoms with E-state index in [0.29, 0.717) is 19.0 Å². The quantitative estimate of drug-likeness (QED) is 0.259. The van der Waals surface area contributed by atoms with Crippen LogP contribution in [0.25, 0.3) is 11.3 Å². The summed E-state index contributed by atoms with van der Waals surface area (Å²) in [5.41, 5.74) is 4.25. The number of likely N-dealkylation sites (N-methyl/N-ethyl adjacent to an activating group) is 1. The molecule has 0 aliphatic carbocycles. The first kappa shape index (κ1) is 25.4. The van der Waals surface area contributed by atoms with Crippen LogP contribution in [-0.2, 0) is 24.8 Å². The van der Waals surface area contributed by atoms with E-state index in [9.17, 15) is 4.79 Å². The van der Waals surface area contributed by atoms with E-state index in [1.165, 1.54) is 5.56 Å². The molecular weight excluding hydrogens is 515 g/mol. The molecule has 0 bridgehead atoms. The minimum atomic E-state index is -0.0103. The molecule has 0 spiro atoms. The molecule has 0 unspecified atom stereocenters. The Morgan fingerprint density at radius 1 is 1.03 bits per heavy atom. The Balaban J connectivity index is 0.00000363. The van der Waals surface area contributed by atoms with Crippen LogP contribution in [-0.4, -0.2) is 53.7 Å². The summed E-state index contributed by atoms with van der Waals surface area (Å²) in [6.07, 6.45) is 2.85. The van der Waals surface area contributed by atoms with E-state index < -0.39 is 0 Å². The van der Waals surface area contributed by atoms with Gasteiger partial charge in [0.1, 0.15) is 0 Å². The first-order valence-electron chi connectivity index (χ1n) is 10.4. The molecule has 0 fully saturated rings. The minimum absolute atomic E-state index is 0. The van der Waals surface area contributed by atoms with Crippen molar-refractivity contribution in [2.75, 3.05) is 27.2 Å². The Morgan fingerprint density at radius 3 is 2.34 bits per heavy atom. The number of carbonyl (C=O) groups excluding carboxylic acids is 1. The maximum absolute atomic E-state index is 12.0. The third-order valence-electron chi connectivity index (χ3n) is 4.81. The van der Waals surface area contributed by atoms with E-state index in [4.69, 9.17) is 4.99 Å². The minimum Gasteiger partial charge on any atom is -0.356 e. The van der Waals surface area contributed by atoms with Crippen LogP contribution in [0.3, 0.4) is 0 Å². The van der Waals surface area contributed by atoms with Gasteiger partial charge < -0.3 is 15.5 Å². The SMILES string of the molecule is CN(C)C(=O)CNC(=NCc1cn(C)nc1-c1ccccc1)NCCc1ccccc1.I. The first-order chi connectivity index (χ1) is 15.0. The number of nitrogens with one attached hydrogen (secondary N) is 2. The number of carbonyl (C=O) groups is 1. The number of guanidine groups is 1. The van der Waals surface area contributed by atoms with Crippen molar-refractivity contribution in [3.63, 3.8) is 0 Å². The summed E-state index contributed by atoms with van der Waals surface area (Å²) < 4.78 is 1.80. The average Bonchev–Trinajstić information content (AvgIpc) is 3.16. The lowest BCUT2D eigenvalue weighted by molar-refractivity contribution is -0.127. The molecule has 3 aromatic rings. The predicted octanol–water partition coefficient (Wildman–Crippen LogP) is 3.07. The Bertz CT molecular complexity index is 1000. The predicted molar refractivity (Wildman–Crippen MR) is 140 cm³/mol. The summed E-state index contributed by atoms with van der Waals surface area (Å²) in [5.74, 6) is 0.595. The molecule has 1 heterocycles. The molecule has 1 amide bonds. The van der Waals surface area contributed by atoms with Crippen molar-refractivity contribution >= 4 is 35.8 Å². The van der Waals surface area contributed by atoms with Gasteiger partial charge >= 0.3 is 0 Å². The average molecular weight is 546 g/mol. The van der Waals surface area contributed by atoms with Crippen molar-refractivity contribution in [2.45, 2.75) is 13.0 Å². The number of nitrogens with zero attached hydrogens (tertiary/aromatic N) is 4. The number of aromatic nitrogens is 2. The molecular formula is C24H31IN6O. The second-order valence-corrected chi connectivity index (χ2v) is 7.51. The van der Waals surface area contributed by atoms with Gasteiger partial charge in [-0.1, -0.05) is 60.7 Å². The van der Waals surface area contributed by atoms with Gasteiger partial charge in [-0.15, -0.1) is 24.0 Å². The number of rotatable bonds is 8. The van der Waals surface area contributed by atoms with Crippen molar-refractivity contribution in [2.24, 2.45) is 12.0 Å². The van der Waals surface area contributed by atoms with E-state index in [-0.39, 0.29) is 36.4 Å². The summed E-state index contributed by atoms with van der Waals surface area (Å²) in [6, 6.07) is 20.4. The van der Waals surface area contributed by atoms with E-state index in [1.807, 2.05) is 61.8 Å². The molecule has 170 valence electrons. The lowest BCUT2D eigenvalue weighted by Crippen LogP contribution is -2.43. The standard InChI is InChI=1S/C24H30N6O.HI/c1-29(2)22(31)17-27-24(25-15-14-19-10-6-4-7-11-19)26-16-21-18-30(3)28-23(21)20-12-8-5-9-13-20;/h4-13,18H,14-17H2,1-3H3,(H2,25,26,27);1H. The molecule has 1 aromatic heterocycles. The lowest BCUT2D eigenvalue weighted by Gasteiger charge is -2.15.